The maximum atomic E-state index is 15.5. The van der Waals surface area contributed by atoms with Crippen LogP contribution in [0, 0.1) is 0 Å². The molecule has 0 amide bonds. The maximum absolute atomic E-state index is 15.5. The number of rotatable bonds is 2. The van der Waals surface area contributed by atoms with Crippen molar-refractivity contribution < 1.29 is 4.57 Å². The number of fused-ring (bicyclic) bond motifs is 17. The summed E-state index contributed by atoms with van der Waals surface area (Å²) in [5, 5.41) is 5.59. The summed E-state index contributed by atoms with van der Waals surface area (Å²) < 4.78 is 17.9. The van der Waals surface area contributed by atoms with Crippen molar-refractivity contribution in [2.75, 3.05) is 6.66 Å². The van der Waals surface area contributed by atoms with Gasteiger partial charge in [0.15, 0.2) is 0 Å². The highest BCUT2D eigenvalue weighted by molar-refractivity contribution is 7.79. The molecule has 4 heteroatoms. The molecule has 0 bridgehead atoms. The minimum absolute atomic E-state index is 0.624. The Labute approximate surface area is 329 Å². The van der Waals surface area contributed by atoms with Crippen molar-refractivity contribution in [3.05, 3.63) is 204 Å². The summed E-state index contributed by atoms with van der Waals surface area (Å²) in [6.45, 7) is 1.99. The van der Waals surface area contributed by atoms with Crippen LogP contribution in [-0.2, 0) is 9.98 Å². The predicted octanol–water partition coefficient (Wildman–Crippen LogP) is 12.3. The molecule has 10 aromatic rings. The summed E-state index contributed by atoms with van der Waals surface area (Å²) in [7, 11) is -2.97. The molecule has 3 nitrogen and oxygen atoms in total. The van der Waals surface area contributed by atoms with Crippen LogP contribution < -0.4 is 10.6 Å². The van der Waals surface area contributed by atoms with E-state index in [4.69, 9.17) is 0 Å². The normalized spacial score (nSPS) is 18.1. The summed E-state index contributed by atoms with van der Waals surface area (Å²) in [5.41, 5.74) is 18.0. The van der Waals surface area contributed by atoms with Gasteiger partial charge in [0.1, 0.15) is 7.14 Å². The third-order valence-corrected chi connectivity index (χ3v) is 15.8. The lowest BCUT2D eigenvalue weighted by atomic mass is 9.65. The van der Waals surface area contributed by atoms with E-state index in [-0.39, 0.29) is 0 Å². The summed E-state index contributed by atoms with van der Waals surface area (Å²) in [6.07, 6.45) is 1.85. The fourth-order valence-electron chi connectivity index (χ4n) is 10.8. The molecule has 2 aromatic heterocycles. The standard InChI is InChI=1S/C53H33N2OP/c1-57(56)49-18-7-3-12-38(49)40-26-28-44-50(52(40)57)41-30-35(32-19-21-33(22-20-32)36-24-23-34-10-9-29-54-46(34)31-36)25-27-42(41)53(44)43-14-4-6-17-48(43)55-47-16-5-2-11-37(47)39-13-8-15-45(53)51(39)55/h2-31H,1H3/t53?,57-/m0/s1. The molecule has 1 aliphatic carbocycles. The van der Waals surface area contributed by atoms with Crippen molar-refractivity contribution in [3.8, 4) is 50.2 Å². The first-order valence-electron chi connectivity index (χ1n) is 19.6. The molecule has 0 radical (unpaired) electrons. The third kappa shape index (κ3) is 3.87. The Morgan fingerprint density at radius 3 is 2.12 bits per heavy atom. The van der Waals surface area contributed by atoms with E-state index in [2.05, 4.69) is 173 Å². The largest absolute Gasteiger partial charge is 0.314 e. The summed E-state index contributed by atoms with van der Waals surface area (Å²) in [5.74, 6) is 0. The monoisotopic (exact) mass is 744 g/mol. The van der Waals surface area contributed by atoms with Gasteiger partial charge in [0.2, 0.25) is 0 Å². The molecule has 2 atom stereocenters. The van der Waals surface area contributed by atoms with E-state index in [0.29, 0.717) is 0 Å². The Balaban J connectivity index is 1.10. The van der Waals surface area contributed by atoms with Crippen molar-refractivity contribution in [1.82, 2.24) is 9.55 Å². The molecular formula is C53H33N2OP. The topological polar surface area (TPSA) is 34.9 Å². The van der Waals surface area contributed by atoms with Crippen LogP contribution in [0.15, 0.2) is 182 Å². The van der Waals surface area contributed by atoms with Gasteiger partial charge in [0.25, 0.3) is 0 Å². The molecule has 13 rings (SSSR count). The number of benzene rings is 8. The van der Waals surface area contributed by atoms with Crippen LogP contribution in [0.3, 0.4) is 0 Å². The summed E-state index contributed by atoms with van der Waals surface area (Å²) in [4.78, 5) is 4.60. The van der Waals surface area contributed by atoms with Gasteiger partial charge in [0.05, 0.1) is 27.7 Å². The average Bonchev–Trinajstić information content (AvgIpc) is 3.84. The van der Waals surface area contributed by atoms with E-state index < -0.39 is 12.6 Å². The molecule has 1 unspecified atom stereocenters. The van der Waals surface area contributed by atoms with Crippen LogP contribution in [0.5, 0.6) is 0 Å². The Morgan fingerprint density at radius 2 is 1.23 bits per heavy atom. The Kier molecular flexibility index (Phi) is 6.03. The highest BCUT2D eigenvalue weighted by Gasteiger charge is 2.53. The van der Waals surface area contributed by atoms with Gasteiger partial charge in [-0.05, 0) is 104 Å². The van der Waals surface area contributed by atoms with Crippen LogP contribution >= 0.6 is 7.14 Å². The van der Waals surface area contributed by atoms with Gasteiger partial charge in [-0.15, -0.1) is 0 Å². The fraction of sp³-hybridized carbons (Fsp3) is 0.0377. The number of pyridine rings is 1. The molecule has 3 aliphatic rings. The molecule has 1 spiro atoms. The number of para-hydroxylation sites is 3. The van der Waals surface area contributed by atoms with Crippen molar-refractivity contribution >= 4 is 50.5 Å². The van der Waals surface area contributed by atoms with Crippen molar-refractivity contribution in [2.24, 2.45) is 0 Å². The Hall–Kier alpha value is -6.80. The van der Waals surface area contributed by atoms with Crippen molar-refractivity contribution in [3.63, 3.8) is 0 Å². The Morgan fingerprint density at radius 1 is 0.526 bits per heavy atom. The lowest BCUT2D eigenvalue weighted by Gasteiger charge is -2.39. The zero-order valence-electron chi connectivity index (χ0n) is 31.1. The number of aromatic nitrogens is 2. The molecule has 8 aromatic carbocycles. The first kappa shape index (κ1) is 31.4. The quantitative estimate of drug-likeness (QED) is 0.165. The summed E-state index contributed by atoms with van der Waals surface area (Å²) in [6, 6.07) is 64.1. The highest BCUT2D eigenvalue weighted by Crippen LogP contribution is 2.64. The molecule has 266 valence electrons. The second kappa shape index (κ2) is 10.9. The van der Waals surface area contributed by atoms with Crippen LogP contribution in [0.2, 0.25) is 0 Å². The zero-order chi connectivity index (χ0) is 37.6. The van der Waals surface area contributed by atoms with Crippen LogP contribution in [-0.4, -0.2) is 16.2 Å². The number of hydrogen-bond acceptors (Lipinski definition) is 2. The van der Waals surface area contributed by atoms with E-state index >= 15 is 4.57 Å². The van der Waals surface area contributed by atoms with E-state index in [1.807, 2.05) is 25.0 Å². The van der Waals surface area contributed by atoms with E-state index in [1.54, 1.807) is 0 Å². The number of hydrogen-bond donors (Lipinski definition) is 0. The summed E-state index contributed by atoms with van der Waals surface area (Å²) >= 11 is 0. The van der Waals surface area contributed by atoms with Crippen LogP contribution in [0.1, 0.15) is 22.3 Å². The Bertz CT molecular complexity index is 3470. The van der Waals surface area contributed by atoms with Gasteiger partial charge in [0, 0.05) is 33.0 Å². The second-order valence-corrected chi connectivity index (χ2v) is 18.7. The zero-order valence-corrected chi connectivity index (χ0v) is 32.0. The fourth-order valence-corrected chi connectivity index (χ4v) is 13.4. The van der Waals surface area contributed by atoms with Crippen molar-refractivity contribution in [1.29, 1.82) is 0 Å². The van der Waals surface area contributed by atoms with E-state index in [1.165, 1.54) is 49.7 Å². The predicted molar refractivity (Wildman–Crippen MR) is 236 cm³/mol. The van der Waals surface area contributed by atoms with Gasteiger partial charge < -0.3 is 9.13 Å². The molecule has 57 heavy (non-hydrogen) atoms. The van der Waals surface area contributed by atoms with Gasteiger partial charge >= 0.3 is 0 Å². The second-order valence-electron chi connectivity index (χ2n) is 15.9. The minimum atomic E-state index is -2.97. The van der Waals surface area contributed by atoms with Gasteiger partial charge in [-0.3, -0.25) is 4.98 Å². The molecule has 0 saturated heterocycles. The van der Waals surface area contributed by atoms with Crippen molar-refractivity contribution in [2.45, 2.75) is 5.41 Å². The van der Waals surface area contributed by atoms with E-state index in [0.717, 1.165) is 66.0 Å². The van der Waals surface area contributed by atoms with Gasteiger partial charge in [-0.2, -0.15) is 0 Å². The maximum Gasteiger partial charge on any atom is 0.142 e. The average molecular weight is 745 g/mol. The van der Waals surface area contributed by atoms with Gasteiger partial charge in [-0.1, -0.05) is 146 Å². The smallest absolute Gasteiger partial charge is 0.142 e. The third-order valence-electron chi connectivity index (χ3n) is 13.2. The lowest BCUT2D eigenvalue weighted by molar-refractivity contribution is 0.591. The lowest BCUT2D eigenvalue weighted by Crippen LogP contribution is -2.33. The number of nitrogens with zero attached hydrogens (tertiary/aromatic N) is 2. The highest BCUT2D eigenvalue weighted by atomic mass is 31.2. The van der Waals surface area contributed by atoms with E-state index in [9.17, 15) is 0 Å². The first-order chi connectivity index (χ1) is 28.0. The minimum Gasteiger partial charge on any atom is -0.314 e. The molecule has 2 aliphatic heterocycles. The molecule has 4 heterocycles. The van der Waals surface area contributed by atoms with Crippen LogP contribution in [0.4, 0.5) is 0 Å². The first-order valence-corrected chi connectivity index (χ1v) is 21.8. The van der Waals surface area contributed by atoms with Gasteiger partial charge in [-0.25, -0.2) is 0 Å². The molecular weight excluding hydrogens is 712 g/mol. The molecule has 0 fully saturated rings. The van der Waals surface area contributed by atoms with Crippen LogP contribution in [0.25, 0.3) is 82.9 Å². The molecule has 0 N–H and O–H groups in total. The SMILES string of the molecule is C[P@]1(=O)c2ccccc2-c2ccc3c(c21)-c1cc(-c2ccc(-c4ccc5cccnc5c4)cc2)ccc1C31c2ccccc2-n2c3ccccc3c3cccc1c32. The molecule has 0 saturated carbocycles.